The standard InChI is InChI=1S/C110H69BN4Si/c1-6-34-70(35-7-1)112-96-60-30-22-50-82(96)86-66-94-102(68-100(86)112)114(98-62-32-52-84-80-48-20-28-58-92(80)109(106(84)98)88-54-24-16-44-76(88)77-45-17-25-55-89(77)109)104-64-75(116(72-38-10-3-11-39-72,73-40-12-4-13-41-73)74-42-14-5-15-43-74)65-105-108(104)111(94)95-67-87-83-51-23-31-61-97(83)113(71-36-8-2-9-37-71)101(87)69-103(95)115(105)99-63-33-53-85-81-49-21-29-59-93(81)110(107(85)99)90-56-26-18-46-78(90)79-47-19-27-57-91(79)110/h1-69H. The summed E-state index contributed by atoms with van der Waals surface area (Å²) in [6, 6.07) is 162. The lowest BCUT2D eigenvalue weighted by molar-refractivity contribution is 0.792. The number of para-hydroxylation sites is 4. The molecule has 0 atom stereocenters. The van der Waals surface area contributed by atoms with Crippen molar-refractivity contribution >= 4 is 130 Å². The van der Waals surface area contributed by atoms with E-state index >= 15 is 0 Å². The topological polar surface area (TPSA) is 16.3 Å². The lowest BCUT2D eigenvalue weighted by atomic mass is 9.33. The van der Waals surface area contributed by atoms with Gasteiger partial charge in [-0.2, -0.15) is 0 Å². The lowest BCUT2D eigenvalue weighted by Gasteiger charge is -2.47. The van der Waals surface area contributed by atoms with Crippen molar-refractivity contribution in [3.8, 4) is 55.9 Å². The number of rotatable bonds is 8. The van der Waals surface area contributed by atoms with Gasteiger partial charge in [0, 0.05) is 66.8 Å². The molecule has 20 aromatic rings. The van der Waals surface area contributed by atoms with Gasteiger partial charge in [0.1, 0.15) is 0 Å². The van der Waals surface area contributed by atoms with Crippen LogP contribution in [-0.2, 0) is 10.8 Å². The molecule has 0 unspecified atom stereocenters. The van der Waals surface area contributed by atoms with Crippen LogP contribution in [0.3, 0.4) is 0 Å². The Bertz CT molecular complexity index is 7010. The van der Waals surface area contributed by atoms with E-state index in [9.17, 15) is 0 Å². The second-order valence-electron chi connectivity index (χ2n) is 32.3. The number of nitrogens with zero attached hydrogens (tertiary/aromatic N) is 4. The molecule has 26 rings (SSSR count). The molecule has 4 aliphatic carbocycles. The van der Waals surface area contributed by atoms with Gasteiger partial charge in [0.15, 0.2) is 8.07 Å². The maximum Gasteiger partial charge on any atom is 0.252 e. The molecular formula is C110H69BN4Si. The molecule has 0 fully saturated rings. The van der Waals surface area contributed by atoms with E-state index in [4.69, 9.17) is 0 Å². The van der Waals surface area contributed by atoms with Gasteiger partial charge in [0.2, 0.25) is 0 Å². The van der Waals surface area contributed by atoms with Gasteiger partial charge in [0.25, 0.3) is 6.71 Å². The molecule has 0 bridgehead atoms. The maximum absolute atomic E-state index is 3.55. The van der Waals surface area contributed by atoms with Crippen LogP contribution in [0.25, 0.3) is 99.5 Å². The van der Waals surface area contributed by atoms with Crippen LogP contribution >= 0.6 is 0 Å². The highest BCUT2D eigenvalue weighted by molar-refractivity contribution is 7.20. The largest absolute Gasteiger partial charge is 0.311 e. The molecule has 4 nitrogen and oxygen atoms in total. The molecule has 0 N–H and O–H groups in total. The zero-order chi connectivity index (χ0) is 75.7. The van der Waals surface area contributed by atoms with Crippen LogP contribution < -0.4 is 46.9 Å². The Balaban J connectivity index is 0.897. The fraction of sp³-hybridized carbons (Fsp3) is 0.0182. The Hall–Kier alpha value is -14.6. The second kappa shape index (κ2) is 23.8. The van der Waals surface area contributed by atoms with Gasteiger partial charge in [-0.1, -0.05) is 346 Å². The van der Waals surface area contributed by atoms with Crippen LogP contribution in [0, 0.1) is 0 Å². The number of aromatic nitrogens is 2. The number of fused-ring (bicyclic) bond motifs is 30. The molecule has 0 amide bonds. The number of benzene rings is 18. The van der Waals surface area contributed by atoms with Crippen molar-refractivity contribution in [2.24, 2.45) is 0 Å². The van der Waals surface area contributed by atoms with E-state index in [2.05, 4.69) is 438 Å². The summed E-state index contributed by atoms with van der Waals surface area (Å²) in [7, 11) is -3.55. The predicted octanol–water partition coefficient (Wildman–Crippen LogP) is 22.0. The normalized spacial score (nSPS) is 14.1. The van der Waals surface area contributed by atoms with Gasteiger partial charge in [0.05, 0.1) is 44.3 Å². The summed E-state index contributed by atoms with van der Waals surface area (Å²) in [5, 5.41) is 10.0. The zero-order valence-electron chi connectivity index (χ0n) is 63.2. The minimum atomic E-state index is -3.55. The first-order valence-corrected chi connectivity index (χ1v) is 42.7. The summed E-state index contributed by atoms with van der Waals surface area (Å²) in [6.45, 7) is -0.342. The Morgan fingerprint density at radius 1 is 0.207 bits per heavy atom. The molecule has 536 valence electrons. The average Bonchev–Trinajstić information content (AvgIpc) is 1.46. The molecule has 4 heterocycles. The number of hydrogen-bond acceptors (Lipinski definition) is 2. The average molecular weight is 1490 g/mol. The van der Waals surface area contributed by atoms with Crippen LogP contribution in [0.2, 0.25) is 0 Å². The van der Waals surface area contributed by atoms with E-state index in [-0.39, 0.29) is 6.71 Å². The van der Waals surface area contributed by atoms with Crippen molar-refractivity contribution in [2.45, 2.75) is 10.8 Å². The van der Waals surface area contributed by atoms with E-state index in [1.165, 1.54) is 148 Å². The first-order valence-electron chi connectivity index (χ1n) is 40.7. The van der Waals surface area contributed by atoms with E-state index in [1.54, 1.807) is 0 Å². The predicted molar refractivity (Wildman–Crippen MR) is 485 cm³/mol. The van der Waals surface area contributed by atoms with Crippen molar-refractivity contribution in [1.29, 1.82) is 0 Å². The van der Waals surface area contributed by atoms with Crippen molar-refractivity contribution in [2.75, 3.05) is 9.80 Å². The van der Waals surface area contributed by atoms with E-state index < -0.39 is 18.9 Å². The van der Waals surface area contributed by atoms with Crippen LogP contribution in [0.5, 0.6) is 0 Å². The van der Waals surface area contributed by atoms with E-state index in [0.29, 0.717) is 0 Å². The monoisotopic (exact) mass is 1480 g/mol. The maximum atomic E-state index is 2.83. The van der Waals surface area contributed by atoms with Gasteiger partial charge in [-0.05, 0) is 188 Å². The van der Waals surface area contributed by atoms with Gasteiger partial charge in [-0.3, -0.25) is 0 Å². The van der Waals surface area contributed by atoms with Crippen molar-refractivity contribution < 1.29 is 0 Å². The first-order chi connectivity index (χ1) is 57.6. The summed E-state index contributed by atoms with van der Waals surface area (Å²) in [5.41, 5.74) is 36.5. The summed E-state index contributed by atoms with van der Waals surface area (Å²) < 4.78 is 5.08. The molecule has 6 heteroatoms. The highest BCUT2D eigenvalue weighted by atomic mass is 28.3. The Kier molecular flexibility index (Phi) is 13.1. The highest BCUT2D eigenvalue weighted by Crippen LogP contribution is 2.68. The van der Waals surface area contributed by atoms with Gasteiger partial charge in [-0.25, -0.2) is 0 Å². The molecule has 6 aliphatic rings. The minimum absolute atomic E-state index is 0.342. The number of hydrogen-bond donors (Lipinski definition) is 0. The SMILES string of the molecule is c1ccc(-n2c3ccccc3c3cc4c(cc32)N(c2cccc3c2C2(c5ccccc5-c5ccccc52)c2ccccc2-3)c2cc([Si](c3ccccc3)(c3ccccc3)c3ccccc3)cc3c2B4c2cc4c5ccccc5n(-c5ccccc5)c4cc2N3c2cccc3c2C2(c4ccccc4-c4ccccc42)c2ccccc2-3)cc1. The van der Waals surface area contributed by atoms with Crippen LogP contribution in [0.4, 0.5) is 34.1 Å². The Labute approximate surface area is 673 Å². The van der Waals surface area contributed by atoms with Gasteiger partial charge in [-0.15, -0.1) is 0 Å². The zero-order valence-corrected chi connectivity index (χ0v) is 64.2. The van der Waals surface area contributed by atoms with E-state index in [0.717, 1.165) is 67.6 Å². The summed E-state index contributed by atoms with van der Waals surface area (Å²) in [4.78, 5) is 5.66. The molecule has 2 spiro atoms. The molecule has 2 aromatic heterocycles. The highest BCUT2D eigenvalue weighted by Gasteiger charge is 2.58. The molecule has 2 aliphatic heterocycles. The van der Waals surface area contributed by atoms with E-state index in [1.807, 2.05) is 0 Å². The molecular weight excluding hydrogens is 1420 g/mol. The van der Waals surface area contributed by atoms with Crippen LogP contribution in [0.1, 0.15) is 44.5 Å². The lowest BCUT2D eigenvalue weighted by Crippen LogP contribution is -2.75. The summed E-state index contributed by atoms with van der Waals surface area (Å²) in [5.74, 6) is 0. The summed E-state index contributed by atoms with van der Waals surface area (Å²) in [6.07, 6.45) is 0. The molecule has 18 aromatic carbocycles. The fourth-order valence-corrected chi connectivity index (χ4v) is 27.9. The van der Waals surface area contributed by atoms with Crippen LogP contribution in [0.15, 0.2) is 419 Å². The van der Waals surface area contributed by atoms with Gasteiger partial charge >= 0.3 is 0 Å². The first kappa shape index (κ1) is 64.0. The quantitative estimate of drug-likeness (QED) is 0.111. The molecule has 116 heavy (non-hydrogen) atoms. The molecule has 0 saturated heterocycles. The van der Waals surface area contributed by atoms with Crippen molar-refractivity contribution in [3.05, 3.63) is 463 Å². The smallest absolute Gasteiger partial charge is 0.252 e. The third-order valence-electron chi connectivity index (χ3n) is 27.2. The Morgan fingerprint density at radius 3 is 0.853 bits per heavy atom. The van der Waals surface area contributed by atoms with Crippen molar-refractivity contribution in [3.63, 3.8) is 0 Å². The van der Waals surface area contributed by atoms with Crippen LogP contribution in [-0.4, -0.2) is 23.9 Å². The molecule has 0 saturated carbocycles. The third kappa shape index (κ3) is 8.08. The Morgan fingerprint density at radius 2 is 0.500 bits per heavy atom. The summed E-state index contributed by atoms with van der Waals surface area (Å²) >= 11 is 0. The third-order valence-corrected chi connectivity index (χ3v) is 32.0. The number of anilines is 6. The molecule has 0 radical (unpaired) electrons. The minimum Gasteiger partial charge on any atom is -0.311 e. The van der Waals surface area contributed by atoms with Crippen molar-refractivity contribution in [1.82, 2.24) is 9.13 Å². The van der Waals surface area contributed by atoms with Gasteiger partial charge < -0.3 is 18.9 Å². The fourth-order valence-electron chi connectivity index (χ4n) is 23.1. The second-order valence-corrected chi connectivity index (χ2v) is 36.1.